The van der Waals surface area contributed by atoms with Crippen LogP contribution in [0.25, 0.3) is 6.08 Å². The minimum absolute atomic E-state index is 0.111. The second kappa shape index (κ2) is 8.47. The summed E-state index contributed by atoms with van der Waals surface area (Å²) in [7, 11) is 2.86. The summed E-state index contributed by atoms with van der Waals surface area (Å²) in [4.78, 5) is 37.0. The molecule has 0 radical (unpaired) electrons. The van der Waals surface area contributed by atoms with E-state index in [9.17, 15) is 14.4 Å². The first-order chi connectivity index (χ1) is 13.9. The van der Waals surface area contributed by atoms with Gasteiger partial charge in [0.15, 0.2) is 18.1 Å². The topological polar surface area (TPSA) is 97.0 Å². The number of amides is 4. The van der Waals surface area contributed by atoms with Crippen molar-refractivity contribution in [3.63, 3.8) is 0 Å². The van der Waals surface area contributed by atoms with Gasteiger partial charge in [0.25, 0.3) is 11.8 Å². The van der Waals surface area contributed by atoms with Gasteiger partial charge in [-0.1, -0.05) is 29.8 Å². The van der Waals surface area contributed by atoms with Crippen molar-refractivity contribution in [2.75, 3.05) is 26.1 Å². The van der Waals surface area contributed by atoms with Gasteiger partial charge in [-0.15, -0.1) is 0 Å². The third kappa shape index (κ3) is 4.55. The average Bonchev–Trinajstić information content (AvgIpc) is 2.95. The Morgan fingerprint density at radius 3 is 2.52 bits per heavy atom. The van der Waals surface area contributed by atoms with E-state index in [1.165, 1.54) is 20.2 Å². The lowest BCUT2D eigenvalue weighted by molar-refractivity contribution is -0.122. The standard InChI is InChI=1S/C21H21N3O5/c1-13-7-9-15(10-8-13)22-18(25)12-29-19-14(5-4-6-17(19)28-3)11-16-20(26)24(2)21(27)23-16/h4-11H,12H2,1-3H3,(H,22,25)(H,23,27). The molecule has 1 fully saturated rings. The summed E-state index contributed by atoms with van der Waals surface area (Å²) in [5.74, 6) is -0.116. The van der Waals surface area contributed by atoms with E-state index in [1.54, 1.807) is 30.3 Å². The number of hydrogen-bond donors (Lipinski definition) is 2. The van der Waals surface area contributed by atoms with Gasteiger partial charge in [-0.3, -0.25) is 14.5 Å². The van der Waals surface area contributed by atoms with Gasteiger partial charge >= 0.3 is 6.03 Å². The molecule has 0 spiro atoms. The number of likely N-dealkylation sites (N-methyl/N-ethyl adjacent to an activating group) is 1. The van der Waals surface area contributed by atoms with E-state index in [2.05, 4.69) is 10.6 Å². The number of imide groups is 1. The molecule has 1 aliphatic heterocycles. The van der Waals surface area contributed by atoms with Crippen molar-refractivity contribution in [1.29, 1.82) is 0 Å². The summed E-state index contributed by atoms with van der Waals surface area (Å²) in [6.45, 7) is 1.70. The van der Waals surface area contributed by atoms with Gasteiger partial charge < -0.3 is 20.1 Å². The van der Waals surface area contributed by atoms with Crippen LogP contribution in [0.4, 0.5) is 10.5 Å². The van der Waals surface area contributed by atoms with Crippen LogP contribution in [0.2, 0.25) is 0 Å². The maximum Gasteiger partial charge on any atom is 0.328 e. The van der Waals surface area contributed by atoms with Crippen LogP contribution < -0.4 is 20.1 Å². The van der Waals surface area contributed by atoms with Crippen molar-refractivity contribution in [3.05, 3.63) is 59.3 Å². The molecule has 3 rings (SSSR count). The number of carbonyl (C=O) groups excluding carboxylic acids is 3. The molecule has 29 heavy (non-hydrogen) atoms. The lowest BCUT2D eigenvalue weighted by Gasteiger charge is -2.14. The molecule has 1 saturated heterocycles. The number of para-hydroxylation sites is 1. The molecular weight excluding hydrogens is 374 g/mol. The largest absolute Gasteiger partial charge is 0.493 e. The highest BCUT2D eigenvalue weighted by Crippen LogP contribution is 2.33. The Kier molecular flexibility index (Phi) is 5.82. The molecule has 0 aromatic heterocycles. The summed E-state index contributed by atoms with van der Waals surface area (Å²) >= 11 is 0. The van der Waals surface area contributed by atoms with E-state index in [0.29, 0.717) is 17.0 Å². The van der Waals surface area contributed by atoms with E-state index in [-0.39, 0.29) is 24.0 Å². The normalized spacial score (nSPS) is 14.7. The molecule has 0 bridgehead atoms. The number of nitrogens with zero attached hydrogens (tertiary/aromatic N) is 1. The summed E-state index contributed by atoms with van der Waals surface area (Å²) in [5, 5.41) is 5.24. The zero-order valence-corrected chi connectivity index (χ0v) is 16.3. The van der Waals surface area contributed by atoms with Gasteiger partial charge in [-0.25, -0.2) is 4.79 Å². The van der Waals surface area contributed by atoms with E-state index in [0.717, 1.165) is 10.5 Å². The quantitative estimate of drug-likeness (QED) is 0.579. The van der Waals surface area contributed by atoms with Crippen molar-refractivity contribution >= 4 is 29.6 Å². The number of carbonyl (C=O) groups is 3. The minimum atomic E-state index is -0.510. The number of hydrogen-bond acceptors (Lipinski definition) is 5. The number of rotatable bonds is 6. The van der Waals surface area contributed by atoms with Gasteiger partial charge in [-0.2, -0.15) is 0 Å². The van der Waals surface area contributed by atoms with E-state index in [4.69, 9.17) is 9.47 Å². The Hall–Kier alpha value is -3.81. The Morgan fingerprint density at radius 2 is 1.90 bits per heavy atom. The highest BCUT2D eigenvalue weighted by molar-refractivity contribution is 6.13. The molecule has 4 amide bonds. The molecule has 1 heterocycles. The maximum atomic E-state index is 12.3. The fourth-order valence-corrected chi connectivity index (χ4v) is 2.71. The van der Waals surface area contributed by atoms with Crippen molar-refractivity contribution in [2.24, 2.45) is 0 Å². The molecule has 0 saturated carbocycles. The van der Waals surface area contributed by atoms with Crippen LogP contribution in [0, 0.1) is 6.92 Å². The van der Waals surface area contributed by atoms with Crippen LogP contribution in [-0.4, -0.2) is 43.5 Å². The SMILES string of the molecule is COc1cccc(C=C2NC(=O)N(C)C2=O)c1OCC(=O)Nc1ccc(C)cc1. The summed E-state index contributed by atoms with van der Waals surface area (Å²) in [5.41, 5.74) is 2.35. The molecule has 150 valence electrons. The molecule has 0 aliphatic carbocycles. The van der Waals surface area contributed by atoms with E-state index >= 15 is 0 Å². The third-order valence-corrected chi connectivity index (χ3v) is 4.29. The molecule has 0 unspecified atom stereocenters. The van der Waals surface area contributed by atoms with Crippen molar-refractivity contribution in [3.8, 4) is 11.5 Å². The number of anilines is 1. The molecule has 8 heteroatoms. The molecule has 2 aromatic rings. The van der Waals surface area contributed by atoms with Crippen LogP contribution in [0.1, 0.15) is 11.1 Å². The van der Waals surface area contributed by atoms with Crippen molar-refractivity contribution in [1.82, 2.24) is 10.2 Å². The number of methoxy groups -OCH3 is 1. The molecule has 1 aliphatic rings. The second-order valence-electron chi connectivity index (χ2n) is 6.43. The van der Waals surface area contributed by atoms with Crippen LogP contribution in [-0.2, 0) is 9.59 Å². The number of benzene rings is 2. The van der Waals surface area contributed by atoms with Crippen LogP contribution >= 0.6 is 0 Å². The Bertz CT molecular complexity index is 982. The first-order valence-electron chi connectivity index (χ1n) is 8.86. The van der Waals surface area contributed by atoms with Gasteiger partial charge in [0.1, 0.15) is 5.70 Å². The fourth-order valence-electron chi connectivity index (χ4n) is 2.71. The van der Waals surface area contributed by atoms with Gasteiger partial charge in [0.2, 0.25) is 0 Å². The minimum Gasteiger partial charge on any atom is -0.493 e. The first kappa shape index (κ1) is 19.9. The predicted octanol–water partition coefficient (Wildman–Crippen LogP) is 2.54. The first-order valence-corrected chi connectivity index (χ1v) is 8.86. The summed E-state index contributed by atoms with van der Waals surface area (Å²) in [6.07, 6.45) is 1.49. The van der Waals surface area contributed by atoms with Crippen LogP contribution in [0.15, 0.2) is 48.2 Å². The van der Waals surface area contributed by atoms with Gasteiger partial charge in [0, 0.05) is 18.3 Å². The van der Waals surface area contributed by atoms with Crippen LogP contribution in [0.3, 0.4) is 0 Å². The van der Waals surface area contributed by atoms with Gasteiger partial charge in [0.05, 0.1) is 7.11 Å². The van der Waals surface area contributed by atoms with Crippen molar-refractivity contribution in [2.45, 2.75) is 6.92 Å². The van der Waals surface area contributed by atoms with Crippen molar-refractivity contribution < 1.29 is 23.9 Å². The molecule has 2 N–H and O–H groups in total. The second-order valence-corrected chi connectivity index (χ2v) is 6.43. The highest BCUT2D eigenvalue weighted by atomic mass is 16.5. The van der Waals surface area contributed by atoms with E-state index in [1.807, 2.05) is 19.1 Å². The zero-order valence-electron chi connectivity index (χ0n) is 16.3. The molecule has 0 atom stereocenters. The monoisotopic (exact) mass is 395 g/mol. The number of ether oxygens (including phenoxy) is 2. The number of nitrogens with one attached hydrogen (secondary N) is 2. The summed E-state index contributed by atoms with van der Waals surface area (Å²) < 4.78 is 11.0. The lowest BCUT2D eigenvalue weighted by atomic mass is 10.1. The summed E-state index contributed by atoms with van der Waals surface area (Å²) in [6, 6.07) is 12.0. The molecule has 2 aromatic carbocycles. The number of urea groups is 1. The average molecular weight is 395 g/mol. The zero-order chi connectivity index (χ0) is 21.0. The maximum absolute atomic E-state index is 12.3. The highest BCUT2D eigenvalue weighted by Gasteiger charge is 2.30. The Balaban J connectivity index is 1.78. The Labute approximate surface area is 168 Å². The molecular formula is C21H21N3O5. The van der Waals surface area contributed by atoms with E-state index < -0.39 is 11.9 Å². The predicted molar refractivity (Wildman–Crippen MR) is 108 cm³/mol. The van der Waals surface area contributed by atoms with Crippen LogP contribution in [0.5, 0.6) is 11.5 Å². The molecule has 8 nitrogen and oxygen atoms in total. The fraction of sp³-hybridized carbons (Fsp3) is 0.190. The smallest absolute Gasteiger partial charge is 0.328 e. The lowest BCUT2D eigenvalue weighted by Crippen LogP contribution is -2.25. The number of aryl methyl sites for hydroxylation is 1. The third-order valence-electron chi connectivity index (χ3n) is 4.29. The van der Waals surface area contributed by atoms with Gasteiger partial charge in [-0.05, 0) is 31.2 Å². The Morgan fingerprint density at radius 1 is 1.17 bits per heavy atom.